The van der Waals surface area contributed by atoms with E-state index >= 15 is 0 Å². The molecule has 0 aromatic heterocycles. The predicted octanol–water partition coefficient (Wildman–Crippen LogP) is 3.99. The Morgan fingerprint density at radius 3 is 2.33 bits per heavy atom. The van der Waals surface area contributed by atoms with Crippen LogP contribution in [-0.4, -0.2) is 17.0 Å². The van der Waals surface area contributed by atoms with Crippen LogP contribution in [0.1, 0.15) is 60.9 Å². The molecule has 4 heteroatoms. The van der Waals surface area contributed by atoms with Crippen molar-refractivity contribution < 1.29 is 14.7 Å². The van der Waals surface area contributed by atoms with Gasteiger partial charge in [0.2, 0.25) is 5.91 Å². The van der Waals surface area contributed by atoms with Crippen molar-refractivity contribution in [1.29, 1.82) is 0 Å². The van der Waals surface area contributed by atoms with Crippen molar-refractivity contribution in [3.63, 3.8) is 0 Å². The summed E-state index contributed by atoms with van der Waals surface area (Å²) in [5, 5.41) is 12.0. The summed E-state index contributed by atoms with van der Waals surface area (Å²) in [5.41, 5.74) is 1.47. The first-order chi connectivity index (χ1) is 10.1. The van der Waals surface area contributed by atoms with E-state index in [1.54, 1.807) is 25.1 Å². The van der Waals surface area contributed by atoms with Gasteiger partial charge in [0.15, 0.2) is 0 Å². The Morgan fingerprint density at radius 2 is 1.71 bits per heavy atom. The van der Waals surface area contributed by atoms with Crippen molar-refractivity contribution in [3.05, 3.63) is 29.3 Å². The molecule has 0 atom stereocenters. The molecule has 114 valence electrons. The molecule has 0 radical (unpaired) electrons. The maximum Gasteiger partial charge on any atom is 0.336 e. The number of hydrogen-bond donors (Lipinski definition) is 2. The average Bonchev–Trinajstić information content (AvgIpc) is 2.40. The first kappa shape index (κ1) is 15.5. The van der Waals surface area contributed by atoms with E-state index in [9.17, 15) is 9.59 Å². The average molecular weight is 289 g/mol. The molecular weight excluding hydrogens is 266 g/mol. The highest BCUT2D eigenvalue weighted by atomic mass is 16.4. The highest BCUT2D eigenvalue weighted by Gasteiger charge is 2.20. The quantitative estimate of drug-likeness (QED) is 0.884. The maximum absolute atomic E-state index is 12.4. The number of carboxylic acids is 1. The predicted molar refractivity (Wildman–Crippen MR) is 82.6 cm³/mol. The molecule has 0 saturated heterocycles. The molecule has 1 aliphatic rings. The molecule has 0 heterocycles. The van der Waals surface area contributed by atoms with Crippen molar-refractivity contribution in [2.45, 2.75) is 51.9 Å². The number of carboxylic acid groups (broad SMARTS) is 1. The molecular formula is C17H23NO3. The van der Waals surface area contributed by atoms with Crippen LogP contribution in [0.2, 0.25) is 0 Å². The lowest BCUT2D eigenvalue weighted by atomic mass is 9.90. The van der Waals surface area contributed by atoms with E-state index in [0.717, 1.165) is 25.7 Å². The number of rotatable bonds is 3. The van der Waals surface area contributed by atoms with E-state index in [1.807, 2.05) is 0 Å². The zero-order valence-corrected chi connectivity index (χ0v) is 12.5. The Labute approximate surface area is 125 Å². The molecule has 1 fully saturated rings. The lowest BCUT2D eigenvalue weighted by Gasteiger charge is -2.20. The van der Waals surface area contributed by atoms with Crippen LogP contribution in [0, 0.1) is 12.8 Å². The molecule has 0 aliphatic heterocycles. The van der Waals surface area contributed by atoms with Gasteiger partial charge in [0.1, 0.15) is 0 Å². The van der Waals surface area contributed by atoms with Crippen LogP contribution in [0.25, 0.3) is 0 Å². The van der Waals surface area contributed by atoms with Gasteiger partial charge in [-0.25, -0.2) is 4.79 Å². The van der Waals surface area contributed by atoms with Gasteiger partial charge in [0.25, 0.3) is 0 Å². The van der Waals surface area contributed by atoms with Crippen molar-refractivity contribution in [2.75, 3.05) is 5.32 Å². The van der Waals surface area contributed by atoms with E-state index in [4.69, 9.17) is 5.11 Å². The summed E-state index contributed by atoms with van der Waals surface area (Å²) in [6.45, 7) is 1.73. The highest BCUT2D eigenvalue weighted by molar-refractivity contribution is 5.96. The smallest absolute Gasteiger partial charge is 0.336 e. The zero-order valence-electron chi connectivity index (χ0n) is 12.5. The minimum absolute atomic E-state index is 0.0301. The summed E-state index contributed by atoms with van der Waals surface area (Å²) < 4.78 is 0. The minimum Gasteiger partial charge on any atom is -0.478 e. The third kappa shape index (κ3) is 4.06. The molecule has 21 heavy (non-hydrogen) atoms. The third-order valence-corrected chi connectivity index (χ3v) is 4.30. The Hall–Kier alpha value is -1.84. The van der Waals surface area contributed by atoms with Crippen molar-refractivity contribution >= 4 is 17.6 Å². The lowest BCUT2D eigenvalue weighted by Crippen LogP contribution is -2.24. The van der Waals surface area contributed by atoms with Crippen LogP contribution in [0.4, 0.5) is 5.69 Å². The van der Waals surface area contributed by atoms with Gasteiger partial charge >= 0.3 is 5.97 Å². The molecule has 4 nitrogen and oxygen atoms in total. The van der Waals surface area contributed by atoms with Gasteiger partial charge in [-0.2, -0.15) is 0 Å². The second-order valence-electron chi connectivity index (χ2n) is 5.81. The fraction of sp³-hybridized carbons (Fsp3) is 0.529. The third-order valence-electron chi connectivity index (χ3n) is 4.30. The first-order valence-corrected chi connectivity index (χ1v) is 7.73. The molecule has 1 saturated carbocycles. The minimum atomic E-state index is -0.963. The molecule has 1 aromatic carbocycles. The molecule has 1 aliphatic carbocycles. The standard InChI is InChI=1S/C17H23NO3/c1-12-14(17(20)21)10-7-11-15(12)18-16(19)13-8-5-3-2-4-6-9-13/h7,10-11,13H,2-6,8-9H2,1H3,(H,18,19)(H,20,21). The molecule has 1 aromatic rings. The Balaban J connectivity index is 2.08. The number of hydrogen-bond acceptors (Lipinski definition) is 2. The summed E-state index contributed by atoms with van der Waals surface area (Å²) in [4.78, 5) is 23.5. The summed E-state index contributed by atoms with van der Waals surface area (Å²) in [6.07, 6.45) is 7.76. The van der Waals surface area contributed by atoms with Crippen LogP contribution in [0.3, 0.4) is 0 Å². The van der Waals surface area contributed by atoms with Crippen LogP contribution >= 0.6 is 0 Å². The number of carbonyl (C=O) groups is 2. The summed E-state index contributed by atoms with van der Waals surface area (Å²) in [7, 11) is 0. The van der Waals surface area contributed by atoms with E-state index in [0.29, 0.717) is 11.3 Å². The molecule has 2 N–H and O–H groups in total. The monoisotopic (exact) mass is 289 g/mol. The van der Waals surface area contributed by atoms with Gasteiger partial charge in [-0.3, -0.25) is 4.79 Å². The number of nitrogens with one attached hydrogen (secondary N) is 1. The van der Waals surface area contributed by atoms with Crippen LogP contribution in [0.15, 0.2) is 18.2 Å². The molecule has 1 amide bonds. The van der Waals surface area contributed by atoms with Crippen LogP contribution in [0.5, 0.6) is 0 Å². The van der Waals surface area contributed by atoms with Gasteiger partial charge < -0.3 is 10.4 Å². The molecule has 0 unspecified atom stereocenters. The van der Waals surface area contributed by atoms with Gasteiger partial charge in [-0.15, -0.1) is 0 Å². The number of aromatic carboxylic acids is 1. The number of benzene rings is 1. The van der Waals surface area contributed by atoms with Gasteiger partial charge in [-0.1, -0.05) is 38.2 Å². The van der Waals surface area contributed by atoms with Gasteiger partial charge in [0, 0.05) is 11.6 Å². The van der Waals surface area contributed by atoms with Crippen molar-refractivity contribution in [2.24, 2.45) is 5.92 Å². The van der Waals surface area contributed by atoms with Gasteiger partial charge in [0.05, 0.1) is 5.56 Å². The Morgan fingerprint density at radius 1 is 1.10 bits per heavy atom. The lowest BCUT2D eigenvalue weighted by molar-refractivity contribution is -0.120. The van der Waals surface area contributed by atoms with Gasteiger partial charge in [-0.05, 0) is 37.5 Å². The summed E-state index contributed by atoms with van der Waals surface area (Å²) in [6, 6.07) is 5.00. The highest BCUT2D eigenvalue weighted by Crippen LogP contribution is 2.25. The van der Waals surface area contributed by atoms with Crippen molar-refractivity contribution in [1.82, 2.24) is 0 Å². The Kier molecular flexibility index (Phi) is 5.37. The fourth-order valence-corrected chi connectivity index (χ4v) is 2.96. The van der Waals surface area contributed by atoms with E-state index in [1.165, 1.54) is 19.3 Å². The normalized spacial score (nSPS) is 16.8. The second kappa shape index (κ2) is 7.25. The first-order valence-electron chi connectivity index (χ1n) is 7.73. The largest absolute Gasteiger partial charge is 0.478 e. The van der Waals surface area contributed by atoms with E-state index in [2.05, 4.69) is 5.32 Å². The maximum atomic E-state index is 12.4. The van der Waals surface area contributed by atoms with Crippen LogP contribution in [-0.2, 0) is 4.79 Å². The Bertz CT molecular complexity index is 517. The summed E-state index contributed by atoms with van der Waals surface area (Å²) >= 11 is 0. The molecule has 2 rings (SSSR count). The second-order valence-corrected chi connectivity index (χ2v) is 5.81. The number of anilines is 1. The van der Waals surface area contributed by atoms with Crippen molar-refractivity contribution in [3.8, 4) is 0 Å². The topological polar surface area (TPSA) is 66.4 Å². The SMILES string of the molecule is Cc1c(NC(=O)C2CCCCCCC2)cccc1C(=O)O. The van der Waals surface area contributed by atoms with Crippen LogP contribution < -0.4 is 5.32 Å². The fourth-order valence-electron chi connectivity index (χ4n) is 2.96. The van der Waals surface area contributed by atoms with E-state index < -0.39 is 5.97 Å². The molecule has 0 bridgehead atoms. The molecule has 0 spiro atoms. The number of amides is 1. The summed E-state index contributed by atoms with van der Waals surface area (Å²) in [5.74, 6) is -0.879. The van der Waals surface area contributed by atoms with E-state index in [-0.39, 0.29) is 17.4 Å². The number of carbonyl (C=O) groups excluding carboxylic acids is 1. The zero-order chi connectivity index (χ0) is 15.2.